The molecule has 3 heterocycles. The number of furan rings is 2. The smallest absolute Gasteiger partial charge is 0.144 e. The van der Waals surface area contributed by atoms with E-state index in [4.69, 9.17) is 8.83 Å². The first-order chi connectivity index (χ1) is 33.7. The highest BCUT2D eigenvalue weighted by atomic mass is 16.3. The first-order valence-electron chi connectivity index (χ1n) is 24.9. The van der Waals surface area contributed by atoms with Gasteiger partial charge < -0.3 is 13.7 Å². The van der Waals surface area contributed by atoms with Gasteiger partial charge in [-0.15, -0.1) is 0 Å². The predicted molar refractivity (Wildman–Crippen MR) is 290 cm³/mol. The van der Waals surface area contributed by atoms with Gasteiger partial charge in [-0.3, -0.25) is 4.98 Å². The summed E-state index contributed by atoms with van der Waals surface area (Å²) in [5, 5.41) is 4.70. The highest BCUT2D eigenvalue weighted by molar-refractivity contribution is 6.21. The van der Waals surface area contributed by atoms with Crippen LogP contribution < -0.4 is 4.90 Å². The second-order valence-corrected chi connectivity index (χ2v) is 22.7. The molecule has 11 aromatic rings. The lowest BCUT2D eigenvalue weighted by molar-refractivity contribution is 0.591. The number of hydrogen-bond acceptors (Lipinski definition) is 4. The van der Waals surface area contributed by atoms with Crippen LogP contribution in [0.15, 0.2) is 173 Å². The molecule has 340 valence electrons. The van der Waals surface area contributed by atoms with Gasteiger partial charge in [0, 0.05) is 78.4 Å². The van der Waals surface area contributed by atoms with E-state index in [0.29, 0.717) is 0 Å². The standard InChI is InChI=1S/C66H54N2O2/c1-63(2,3)47-22-14-15-23-51(47)68(38-26-28-41-48(34-38)64(4,5)50-36-45(37-30-32-67-33-31-37)61-56(54(41)50)43-19-11-16-24-52(43)69-61)39-27-29-42-49(35-39)66(8,9)59-55(42)57-44-20-12-17-25-53(44)70-62(57)58-40-18-10-13-21-46(40)65(6,7)60(58)59/h10-36H,1-9H3. The van der Waals surface area contributed by atoms with Crippen molar-refractivity contribution in [3.63, 3.8) is 0 Å². The van der Waals surface area contributed by atoms with Crippen molar-refractivity contribution in [3.05, 3.63) is 203 Å². The van der Waals surface area contributed by atoms with Gasteiger partial charge in [0.1, 0.15) is 22.3 Å². The molecule has 0 bridgehead atoms. The first kappa shape index (κ1) is 41.3. The number of nitrogens with zero attached hydrogens (tertiary/aromatic N) is 2. The highest BCUT2D eigenvalue weighted by Gasteiger charge is 2.49. The molecule has 0 unspecified atom stereocenters. The number of hydrogen-bond donors (Lipinski definition) is 0. The summed E-state index contributed by atoms with van der Waals surface area (Å²) in [7, 11) is 0. The Balaban J connectivity index is 1.01. The van der Waals surface area contributed by atoms with Gasteiger partial charge in [0.25, 0.3) is 0 Å². The van der Waals surface area contributed by atoms with Crippen LogP contribution in [-0.2, 0) is 21.7 Å². The molecule has 4 nitrogen and oxygen atoms in total. The Hall–Kier alpha value is -7.69. The fourth-order valence-corrected chi connectivity index (χ4v) is 13.4. The zero-order chi connectivity index (χ0) is 47.8. The average Bonchev–Trinajstić information content (AvgIpc) is 4.11. The number of aromatic nitrogens is 1. The maximum Gasteiger partial charge on any atom is 0.144 e. The van der Waals surface area contributed by atoms with Crippen molar-refractivity contribution in [1.29, 1.82) is 0 Å². The molecule has 3 aliphatic rings. The normalized spacial score (nSPS) is 15.6. The topological polar surface area (TPSA) is 42.4 Å². The number of para-hydroxylation sites is 3. The summed E-state index contributed by atoms with van der Waals surface area (Å²) in [4.78, 5) is 6.91. The van der Waals surface area contributed by atoms with Crippen LogP contribution >= 0.6 is 0 Å². The minimum atomic E-state index is -0.335. The predicted octanol–water partition coefficient (Wildman–Crippen LogP) is 18.2. The molecule has 0 spiro atoms. The molecule has 3 aromatic heterocycles. The molecule has 14 rings (SSSR count). The van der Waals surface area contributed by atoms with Crippen molar-refractivity contribution in [2.24, 2.45) is 0 Å². The van der Waals surface area contributed by atoms with E-state index in [2.05, 4.69) is 224 Å². The van der Waals surface area contributed by atoms with Crippen molar-refractivity contribution in [2.45, 2.75) is 84.0 Å². The summed E-state index contributed by atoms with van der Waals surface area (Å²) >= 11 is 0. The van der Waals surface area contributed by atoms with Crippen LogP contribution in [0, 0.1) is 0 Å². The van der Waals surface area contributed by atoms with Crippen molar-refractivity contribution in [3.8, 4) is 44.5 Å². The van der Waals surface area contributed by atoms with Crippen LogP contribution in [0.3, 0.4) is 0 Å². The molecule has 0 saturated carbocycles. The van der Waals surface area contributed by atoms with Crippen LogP contribution in [-0.4, -0.2) is 4.98 Å². The highest BCUT2D eigenvalue weighted by Crippen LogP contribution is 2.64. The van der Waals surface area contributed by atoms with Crippen LogP contribution in [0.4, 0.5) is 17.1 Å². The molecular weight excluding hydrogens is 853 g/mol. The van der Waals surface area contributed by atoms with Crippen molar-refractivity contribution in [2.75, 3.05) is 4.90 Å². The SMILES string of the molecule is CC(C)(C)c1ccccc1N(c1ccc2c(c1)C(C)(C)c1cc(-c3ccncc3)c3oc4ccccc4c3c1-2)c1ccc2c(c1)C(C)(C)c1c3c(c4oc5ccccc5c4c1-2)-c1ccccc1C3(C)C. The van der Waals surface area contributed by atoms with E-state index in [1.807, 2.05) is 12.4 Å². The number of benzene rings is 8. The summed E-state index contributed by atoms with van der Waals surface area (Å²) in [5.41, 5.74) is 25.4. The van der Waals surface area contributed by atoms with E-state index < -0.39 is 0 Å². The number of anilines is 3. The summed E-state index contributed by atoms with van der Waals surface area (Å²) < 4.78 is 13.8. The molecule has 0 aliphatic heterocycles. The lowest BCUT2D eigenvalue weighted by atomic mass is 9.72. The Kier molecular flexibility index (Phi) is 8.12. The van der Waals surface area contributed by atoms with Crippen LogP contribution in [0.2, 0.25) is 0 Å². The molecule has 0 radical (unpaired) electrons. The minimum Gasteiger partial charge on any atom is -0.455 e. The fraction of sp³-hybridized carbons (Fsp3) is 0.197. The maximum atomic E-state index is 7.01. The van der Waals surface area contributed by atoms with Gasteiger partial charge >= 0.3 is 0 Å². The van der Waals surface area contributed by atoms with Gasteiger partial charge in [0.15, 0.2) is 0 Å². The fourth-order valence-electron chi connectivity index (χ4n) is 13.4. The molecule has 3 aliphatic carbocycles. The van der Waals surface area contributed by atoms with Crippen molar-refractivity contribution < 1.29 is 8.83 Å². The van der Waals surface area contributed by atoms with Gasteiger partial charge in [-0.25, -0.2) is 0 Å². The monoisotopic (exact) mass is 906 g/mol. The quantitative estimate of drug-likeness (QED) is 0.176. The molecule has 0 saturated heterocycles. The Morgan fingerprint density at radius 2 is 0.971 bits per heavy atom. The zero-order valence-electron chi connectivity index (χ0n) is 41.3. The first-order valence-corrected chi connectivity index (χ1v) is 24.9. The van der Waals surface area contributed by atoms with Crippen molar-refractivity contribution >= 4 is 60.9 Å². The summed E-state index contributed by atoms with van der Waals surface area (Å²) in [6, 6.07) is 56.2. The molecule has 8 aromatic carbocycles. The van der Waals surface area contributed by atoms with E-state index in [1.54, 1.807) is 0 Å². The second kappa shape index (κ2) is 13.8. The molecule has 0 atom stereocenters. The van der Waals surface area contributed by atoms with E-state index in [1.165, 1.54) is 94.2 Å². The van der Waals surface area contributed by atoms with Gasteiger partial charge in [0.05, 0.1) is 0 Å². The summed E-state index contributed by atoms with van der Waals surface area (Å²) in [5.74, 6) is 0. The third kappa shape index (κ3) is 5.29. The molecule has 70 heavy (non-hydrogen) atoms. The molecule has 0 amide bonds. The van der Waals surface area contributed by atoms with Crippen molar-refractivity contribution in [1.82, 2.24) is 4.98 Å². The van der Waals surface area contributed by atoms with Gasteiger partial charge in [-0.2, -0.15) is 0 Å². The van der Waals surface area contributed by atoms with Gasteiger partial charge in [-0.1, -0.05) is 153 Å². The van der Waals surface area contributed by atoms with E-state index in [-0.39, 0.29) is 21.7 Å². The number of fused-ring (bicyclic) bond motifs is 19. The van der Waals surface area contributed by atoms with E-state index in [0.717, 1.165) is 50.2 Å². The molecule has 0 fully saturated rings. The van der Waals surface area contributed by atoms with E-state index >= 15 is 0 Å². The third-order valence-corrected chi connectivity index (χ3v) is 16.6. The lowest BCUT2D eigenvalue weighted by Crippen LogP contribution is -2.24. The third-order valence-electron chi connectivity index (χ3n) is 16.6. The second-order valence-electron chi connectivity index (χ2n) is 22.7. The van der Waals surface area contributed by atoms with Gasteiger partial charge in [-0.05, 0) is 138 Å². The number of pyridine rings is 1. The Morgan fingerprint density at radius 1 is 0.443 bits per heavy atom. The molecule has 0 N–H and O–H groups in total. The van der Waals surface area contributed by atoms with E-state index in [9.17, 15) is 0 Å². The summed E-state index contributed by atoms with van der Waals surface area (Å²) in [6.07, 6.45) is 3.75. The number of rotatable bonds is 4. The maximum absolute atomic E-state index is 7.01. The average molecular weight is 907 g/mol. The largest absolute Gasteiger partial charge is 0.455 e. The molecule has 4 heteroatoms. The van der Waals surface area contributed by atoms with Crippen LogP contribution in [0.25, 0.3) is 88.4 Å². The Morgan fingerprint density at radius 3 is 1.66 bits per heavy atom. The lowest BCUT2D eigenvalue weighted by Gasteiger charge is -2.34. The Bertz CT molecular complexity index is 4080. The summed E-state index contributed by atoms with van der Waals surface area (Å²) in [6.45, 7) is 21.5. The van der Waals surface area contributed by atoms with Crippen LogP contribution in [0.1, 0.15) is 101 Å². The minimum absolute atomic E-state index is 0.125. The van der Waals surface area contributed by atoms with Gasteiger partial charge in [0.2, 0.25) is 0 Å². The molecular formula is C66H54N2O2. The Labute approximate surface area is 409 Å². The van der Waals surface area contributed by atoms with Crippen LogP contribution in [0.5, 0.6) is 0 Å². The zero-order valence-corrected chi connectivity index (χ0v) is 41.3.